The number of alkyl halides is 3. The number of nitrogens with zero attached hydrogens (tertiary/aromatic N) is 1. The molecule has 1 aromatic heterocycles. The highest BCUT2D eigenvalue weighted by atomic mass is 32.1. The van der Waals surface area contributed by atoms with Gasteiger partial charge in [-0.25, -0.2) is 0 Å². The largest absolute Gasteiger partial charge is 0.505 e. The summed E-state index contributed by atoms with van der Waals surface area (Å²) in [4.78, 5) is 13.7. The molecule has 2 atom stereocenters. The average Bonchev–Trinajstić information content (AvgIpc) is 2.93. The predicted octanol–water partition coefficient (Wildman–Crippen LogP) is 4.79. The number of aliphatic hydroxyl groups is 1. The molecular weight excluding hydrogens is 327 g/mol. The number of ketones is 1. The predicted molar refractivity (Wildman–Crippen MR) is 80.7 cm³/mol. The zero-order chi connectivity index (χ0) is 17.2. The minimum atomic E-state index is -4.33. The molecular formula is C16H16F3NO2S. The summed E-state index contributed by atoms with van der Waals surface area (Å²) < 4.78 is 38.6. The summed E-state index contributed by atoms with van der Waals surface area (Å²) in [6, 6.07) is 4.98. The average molecular weight is 343 g/mol. The van der Waals surface area contributed by atoms with Gasteiger partial charge in [-0.2, -0.15) is 18.4 Å². The molecule has 124 valence electrons. The van der Waals surface area contributed by atoms with E-state index in [1.165, 1.54) is 11.3 Å². The van der Waals surface area contributed by atoms with Gasteiger partial charge in [0, 0.05) is 10.8 Å². The second-order valence-electron chi connectivity index (χ2n) is 5.71. The van der Waals surface area contributed by atoms with Crippen molar-refractivity contribution in [3.63, 3.8) is 0 Å². The SMILES string of the molecule is Cc1ccc(C(O)=C(C#N)C(=O)C2CCCC(C(F)(F)F)C2)s1. The molecule has 0 saturated heterocycles. The van der Waals surface area contributed by atoms with Crippen molar-refractivity contribution in [1.29, 1.82) is 5.26 Å². The molecule has 0 spiro atoms. The topological polar surface area (TPSA) is 61.1 Å². The number of Topliss-reactive ketones (excluding diaryl/α,β-unsaturated/α-hetero) is 1. The highest BCUT2D eigenvalue weighted by Gasteiger charge is 2.44. The molecule has 2 rings (SSSR count). The molecule has 2 unspecified atom stereocenters. The zero-order valence-corrected chi connectivity index (χ0v) is 13.3. The summed E-state index contributed by atoms with van der Waals surface area (Å²) in [5.41, 5.74) is -0.445. The lowest BCUT2D eigenvalue weighted by Crippen LogP contribution is -2.32. The standard InChI is InChI=1S/C16H16F3NO2S/c1-9-5-6-13(23-9)15(22)12(8-20)14(21)10-3-2-4-11(7-10)16(17,18)19/h5-6,10-11,22H,2-4,7H2,1H3. The number of carbonyl (C=O) groups is 1. The molecule has 0 aromatic carbocycles. The van der Waals surface area contributed by atoms with Crippen LogP contribution in [0.25, 0.3) is 5.76 Å². The van der Waals surface area contributed by atoms with Crippen molar-refractivity contribution < 1.29 is 23.1 Å². The van der Waals surface area contributed by atoms with E-state index in [4.69, 9.17) is 0 Å². The number of halogens is 3. The first kappa shape index (κ1) is 17.5. The summed E-state index contributed by atoms with van der Waals surface area (Å²) in [5, 5.41) is 19.3. The van der Waals surface area contributed by atoms with Gasteiger partial charge in [-0.1, -0.05) is 6.42 Å². The minimum Gasteiger partial charge on any atom is -0.505 e. The Labute approximate surface area is 136 Å². The lowest BCUT2D eigenvalue weighted by molar-refractivity contribution is -0.185. The summed E-state index contributed by atoms with van der Waals surface area (Å²) in [7, 11) is 0. The first-order valence-corrected chi connectivity index (χ1v) is 8.06. The van der Waals surface area contributed by atoms with E-state index in [1.54, 1.807) is 18.2 Å². The third-order valence-electron chi connectivity index (χ3n) is 4.08. The number of thiophene rings is 1. The van der Waals surface area contributed by atoms with E-state index in [2.05, 4.69) is 0 Å². The van der Waals surface area contributed by atoms with E-state index >= 15 is 0 Å². The number of hydrogen-bond donors (Lipinski definition) is 1. The lowest BCUT2D eigenvalue weighted by atomic mass is 9.77. The Morgan fingerprint density at radius 2 is 2.09 bits per heavy atom. The number of nitriles is 1. The third-order valence-corrected chi connectivity index (χ3v) is 5.08. The van der Waals surface area contributed by atoms with Crippen LogP contribution in [0.2, 0.25) is 0 Å². The second kappa shape index (κ2) is 6.75. The molecule has 1 aliphatic carbocycles. The van der Waals surface area contributed by atoms with Gasteiger partial charge in [-0.15, -0.1) is 11.3 Å². The second-order valence-corrected chi connectivity index (χ2v) is 7.00. The Morgan fingerprint density at radius 3 is 2.61 bits per heavy atom. The first-order chi connectivity index (χ1) is 10.7. The quantitative estimate of drug-likeness (QED) is 0.488. The van der Waals surface area contributed by atoms with Crippen LogP contribution < -0.4 is 0 Å². The van der Waals surface area contributed by atoms with Crippen LogP contribution in [0, 0.1) is 30.1 Å². The fraction of sp³-hybridized carbons (Fsp3) is 0.500. The Balaban J connectivity index is 2.25. The molecule has 1 fully saturated rings. The number of carbonyl (C=O) groups excluding carboxylic acids is 1. The number of hydrogen-bond acceptors (Lipinski definition) is 4. The number of allylic oxidation sites excluding steroid dienone is 1. The molecule has 1 aromatic rings. The van der Waals surface area contributed by atoms with Crippen LogP contribution in [0.1, 0.15) is 35.4 Å². The van der Waals surface area contributed by atoms with E-state index in [0.717, 1.165) is 4.88 Å². The van der Waals surface area contributed by atoms with E-state index < -0.39 is 35.1 Å². The monoisotopic (exact) mass is 343 g/mol. The van der Waals surface area contributed by atoms with Crippen molar-refractivity contribution in [3.8, 4) is 6.07 Å². The van der Waals surface area contributed by atoms with Crippen molar-refractivity contribution in [2.75, 3.05) is 0 Å². The summed E-state index contributed by atoms with van der Waals surface area (Å²) in [5.74, 6) is -3.51. The molecule has 0 radical (unpaired) electrons. The van der Waals surface area contributed by atoms with Gasteiger partial charge < -0.3 is 5.11 Å². The molecule has 1 saturated carbocycles. The van der Waals surface area contributed by atoms with Crippen LogP contribution in [0.5, 0.6) is 0 Å². The molecule has 0 aliphatic heterocycles. The molecule has 0 bridgehead atoms. The van der Waals surface area contributed by atoms with Gasteiger partial charge in [0.2, 0.25) is 0 Å². The molecule has 1 aliphatic rings. The minimum absolute atomic E-state index is 0.00891. The Hall–Kier alpha value is -1.81. The number of aryl methyl sites for hydroxylation is 1. The van der Waals surface area contributed by atoms with E-state index in [0.29, 0.717) is 11.3 Å². The van der Waals surface area contributed by atoms with Crippen molar-refractivity contribution in [2.24, 2.45) is 11.8 Å². The van der Waals surface area contributed by atoms with Crippen LogP contribution in [0.4, 0.5) is 13.2 Å². The van der Waals surface area contributed by atoms with Gasteiger partial charge in [-0.05, 0) is 38.3 Å². The van der Waals surface area contributed by atoms with Crippen LogP contribution >= 0.6 is 11.3 Å². The Kier molecular flexibility index (Phi) is 5.15. The van der Waals surface area contributed by atoms with Gasteiger partial charge in [0.1, 0.15) is 11.6 Å². The van der Waals surface area contributed by atoms with Crippen molar-refractivity contribution >= 4 is 22.9 Å². The Bertz CT molecular complexity index is 670. The van der Waals surface area contributed by atoms with Crippen molar-refractivity contribution in [3.05, 3.63) is 27.5 Å². The molecule has 23 heavy (non-hydrogen) atoms. The number of aliphatic hydroxyl groups excluding tert-OH is 1. The number of rotatable bonds is 3. The van der Waals surface area contributed by atoms with Crippen molar-refractivity contribution in [1.82, 2.24) is 0 Å². The van der Waals surface area contributed by atoms with Crippen LogP contribution in [-0.2, 0) is 4.79 Å². The normalized spacial score (nSPS) is 23.1. The fourth-order valence-corrected chi connectivity index (χ4v) is 3.66. The molecule has 7 heteroatoms. The molecule has 3 nitrogen and oxygen atoms in total. The first-order valence-electron chi connectivity index (χ1n) is 7.25. The van der Waals surface area contributed by atoms with Gasteiger partial charge in [-0.3, -0.25) is 4.79 Å². The van der Waals surface area contributed by atoms with E-state index in [-0.39, 0.29) is 19.3 Å². The molecule has 0 amide bonds. The van der Waals surface area contributed by atoms with E-state index in [1.807, 2.05) is 6.92 Å². The summed E-state index contributed by atoms with van der Waals surface area (Å²) in [6.07, 6.45) is -4.03. The van der Waals surface area contributed by atoms with Gasteiger partial charge in [0.15, 0.2) is 11.5 Å². The van der Waals surface area contributed by atoms with Gasteiger partial charge in [0.05, 0.1) is 10.8 Å². The fourth-order valence-electron chi connectivity index (χ4n) is 2.84. The highest BCUT2D eigenvalue weighted by molar-refractivity contribution is 7.13. The molecule has 1 N–H and O–H groups in total. The maximum absolute atomic E-state index is 12.9. The van der Waals surface area contributed by atoms with Crippen molar-refractivity contribution in [2.45, 2.75) is 38.8 Å². The lowest BCUT2D eigenvalue weighted by Gasteiger charge is -2.29. The maximum atomic E-state index is 12.9. The smallest absolute Gasteiger partial charge is 0.391 e. The van der Waals surface area contributed by atoms with E-state index in [9.17, 15) is 28.3 Å². The summed E-state index contributed by atoms with van der Waals surface area (Å²) >= 11 is 1.22. The van der Waals surface area contributed by atoms with Crippen LogP contribution in [0.3, 0.4) is 0 Å². The zero-order valence-electron chi connectivity index (χ0n) is 12.5. The van der Waals surface area contributed by atoms with Crippen LogP contribution in [-0.4, -0.2) is 17.1 Å². The van der Waals surface area contributed by atoms with Crippen LogP contribution in [0.15, 0.2) is 17.7 Å². The highest BCUT2D eigenvalue weighted by Crippen LogP contribution is 2.41. The molecule has 1 heterocycles. The van der Waals surface area contributed by atoms with Gasteiger partial charge >= 0.3 is 6.18 Å². The Morgan fingerprint density at radius 1 is 1.39 bits per heavy atom. The third kappa shape index (κ3) is 3.94. The summed E-state index contributed by atoms with van der Waals surface area (Å²) in [6.45, 7) is 1.81. The maximum Gasteiger partial charge on any atom is 0.391 e. The van der Waals surface area contributed by atoms with Gasteiger partial charge in [0.25, 0.3) is 0 Å².